The van der Waals surface area contributed by atoms with E-state index in [1.54, 1.807) is 28.5 Å². The van der Waals surface area contributed by atoms with Crippen LogP contribution in [-0.2, 0) is 17.9 Å². The number of hydrogen-bond acceptors (Lipinski definition) is 5. The number of pyridine rings is 1. The molecule has 1 aliphatic heterocycles. The lowest BCUT2D eigenvalue weighted by molar-refractivity contribution is -0.125. The SMILES string of the molecule is Cc1c(CN(C)C(=O)C=Cc2cnc3c(c2)CNCCN3)sc2ccccc12. The van der Waals surface area contributed by atoms with E-state index < -0.39 is 0 Å². The standard InChI is InChI=1S/C22H24N4OS/c1-15-18-5-3-4-6-19(18)28-20(15)14-26(2)21(27)8-7-16-11-17-13-23-9-10-24-22(17)25-12-16/h3-8,11-12,23H,9-10,13-14H2,1-2H3,(H,24,25). The van der Waals surface area contributed by atoms with E-state index in [1.165, 1.54) is 20.5 Å². The number of likely N-dealkylation sites (N-methyl/N-ethyl adjacent to an activating group) is 1. The fourth-order valence-corrected chi connectivity index (χ4v) is 4.63. The number of thiophene rings is 1. The van der Waals surface area contributed by atoms with Crippen molar-refractivity contribution in [2.24, 2.45) is 0 Å². The molecule has 1 aliphatic rings. The van der Waals surface area contributed by atoms with Crippen LogP contribution in [0, 0.1) is 6.92 Å². The van der Waals surface area contributed by atoms with Crippen LogP contribution < -0.4 is 10.6 Å². The van der Waals surface area contributed by atoms with Crippen molar-refractivity contribution in [3.63, 3.8) is 0 Å². The predicted octanol–water partition coefficient (Wildman–Crippen LogP) is 3.79. The number of nitrogens with one attached hydrogen (secondary N) is 2. The third-order valence-electron chi connectivity index (χ3n) is 5.02. The molecule has 0 spiro atoms. The van der Waals surface area contributed by atoms with Crippen LogP contribution in [0.15, 0.2) is 42.6 Å². The number of carbonyl (C=O) groups is 1. The molecule has 3 aromatic rings. The lowest BCUT2D eigenvalue weighted by Crippen LogP contribution is -2.23. The number of carbonyl (C=O) groups excluding carboxylic acids is 1. The average molecular weight is 393 g/mol. The van der Waals surface area contributed by atoms with Crippen molar-refractivity contribution in [3.05, 3.63) is 64.2 Å². The third kappa shape index (κ3) is 3.93. The Kier molecular flexibility index (Phi) is 5.41. The molecular weight excluding hydrogens is 368 g/mol. The summed E-state index contributed by atoms with van der Waals surface area (Å²) in [6.45, 7) is 5.32. The summed E-state index contributed by atoms with van der Waals surface area (Å²) in [7, 11) is 1.85. The number of rotatable bonds is 4. The molecular formula is C22H24N4OS. The van der Waals surface area contributed by atoms with Crippen LogP contribution in [0.25, 0.3) is 16.2 Å². The summed E-state index contributed by atoms with van der Waals surface area (Å²) in [5.74, 6) is 0.911. The van der Waals surface area contributed by atoms with Crippen molar-refractivity contribution in [2.75, 3.05) is 25.5 Å². The van der Waals surface area contributed by atoms with Gasteiger partial charge in [0.15, 0.2) is 0 Å². The van der Waals surface area contributed by atoms with E-state index in [9.17, 15) is 4.79 Å². The van der Waals surface area contributed by atoms with Gasteiger partial charge < -0.3 is 15.5 Å². The first-order valence-corrected chi connectivity index (χ1v) is 10.3. The predicted molar refractivity (Wildman–Crippen MR) is 117 cm³/mol. The van der Waals surface area contributed by atoms with Gasteiger partial charge in [0.25, 0.3) is 0 Å². The zero-order valence-corrected chi connectivity index (χ0v) is 17.0. The Morgan fingerprint density at radius 3 is 3.04 bits per heavy atom. The normalized spacial score (nSPS) is 13.9. The van der Waals surface area contributed by atoms with E-state index in [1.807, 2.05) is 13.1 Å². The average Bonchev–Trinajstić information content (AvgIpc) is 2.88. The van der Waals surface area contributed by atoms with Gasteiger partial charge in [-0.2, -0.15) is 0 Å². The highest BCUT2D eigenvalue weighted by molar-refractivity contribution is 7.19. The Hall–Kier alpha value is -2.70. The Morgan fingerprint density at radius 2 is 2.18 bits per heavy atom. The van der Waals surface area contributed by atoms with E-state index >= 15 is 0 Å². The molecule has 3 heterocycles. The van der Waals surface area contributed by atoms with Crippen molar-refractivity contribution in [3.8, 4) is 0 Å². The minimum Gasteiger partial charge on any atom is -0.369 e. The summed E-state index contributed by atoms with van der Waals surface area (Å²) in [4.78, 5) is 20.1. The summed E-state index contributed by atoms with van der Waals surface area (Å²) >= 11 is 1.76. The second-order valence-electron chi connectivity index (χ2n) is 7.05. The van der Waals surface area contributed by atoms with Gasteiger partial charge >= 0.3 is 0 Å². The fraction of sp³-hybridized carbons (Fsp3) is 0.273. The zero-order valence-electron chi connectivity index (χ0n) is 16.2. The van der Waals surface area contributed by atoms with Crippen LogP contribution in [0.1, 0.15) is 21.6 Å². The van der Waals surface area contributed by atoms with Gasteiger partial charge in [0.05, 0.1) is 6.54 Å². The van der Waals surface area contributed by atoms with Crippen LogP contribution in [0.3, 0.4) is 0 Å². The van der Waals surface area contributed by atoms with Crippen LogP contribution in [-0.4, -0.2) is 35.9 Å². The Labute approximate surface area is 169 Å². The number of amides is 1. The fourth-order valence-electron chi connectivity index (χ4n) is 3.37. The highest BCUT2D eigenvalue weighted by Gasteiger charge is 2.13. The summed E-state index contributed by atoms with van der Waals surface area (Å²) < 4.78 is 1.27. The second kappa shape index (κ2) is 8.12. The molecule has 0 saturated carbocycles. The summed E-state index contributed by atoms with van der Waals surface area (Å²) in [5.41, 5.74) is 3.32. The Balaban J connectivity index is 1.45. The van der Waals surface area contributed by atoms with Crippen molar-refractivity contribution >= 4 is 39.2 Å². The number of aromatic nitrogens is 1. The van der Waals surface area contributed by atoms with Crippen molar-refractivity contribution in [1.29, 1.82) is 0 Å². The molecule has 0 fully saturated rings. The smallest absolute Gasteiger partial charge is 0.246 e. The van der Waals surface area contributed by atoms with Crippen molar-refractivity contribution in [1.82, 2.24) is 15.2 Å². The highest BCUT2D eigenvalue weighted by atomic mass is 32.1. The van der Waals surface area contributed by atoms with Gasteiger partial charge in [0.2, 0.25) is 5.91 Å². The quantitative estimate of drug-likeness (QED) is 0.663. The Bertz CT molecular complexity index is 1040. The maximum absolute atomic E-state index is 12.6. The molecule has 0 atom stereocenters. The minimum absolute atomic E-state index is 0.0111. The van der Waals surface area contributed by atoms with Crippen molar-refractivity contribution < 1.29 is 4.79 Å². The third-order valence-corrected chi connectivity index (χ3v) is 6.27. The maximum atomic E-state index is 12.6. The molecule has 1 amide bonds. The molecule has 0 bridgehead atoms. The minimum atomic E-state index is -0.0111. The monoisotopic (exact) mass is 392 g/mol. The summed E-state index contributed by atoms with van der Waals surface area (Å²) in [5, 5.41) is 7.94. The molecule has 0 aliphatic carbocycles. The number of fused-ring (bicyclic) bond motifs is 2. The molecule has 0 saturated heterocycles. The number of hydrogen-bond donors (Lipinski definition) is 2. The second-order valence-corrected chi connectivity index (χ2v) is 8.19. The van der Waals surface area contributed by atoms with Gasteiger partial charge in [0, 0.05) is 54.1 Å². The first kappa shape index (κ1) is 18.7. The van der Waals surface area contributed by atoms with E-state index in [-0.39, 0.29) is 5.91 Å². The van der Waals surface area contributed by atoms with E-state index in [2.05, 4.69) is 52.9 Å². The molecule has 0 radical (unpaired) electrons. The molecule has 28 heavy (non-hydrogen) atoms. The first-order chi connectivity index (χ1) is 13.6. The lowest BCUT2D eigenvalue weighted by atomic mass is 10.1. The van der Waals surface area contributed by atoms with Gasteiger partial charge in [-0.05, 0) is 41.6 Å². The Morgan fingerprint density at radius 1 is 1.32 bits per heavy atom. The number of aryl methyl sites for hydroxylation is 1. The van der Waals surface area contributed by atoms with Crippen molar-refractivity contribution in [2.45, 2.75) is 20.0 Å². The molecule has 4 rings (SSSR count). The van der Waals surface area contributed by atoms with Crippen LogP contribution >= 0.6 is 11.3 Å². The van der Waals surface area contributed by atoms with Crippen LogP contribution in [0.2, 0.25) is 0 Å². The molecule has 2 N–H and O–H groups in total. The number of nitrogens with zero attached hydrogens (tertiary/aromatic N) is 2. The van der Waals surface area contributed by atoms with E-state index in [4.69, 9.17) is 0 Å². The highest BCUT2D eigenvalue weighted by Crippen LogP contribution is 2.31. The zero-order chi connectivity index (χ0) is 19.5. The molecule has 5 nitrogen and oxygen atoms in total. The first-order valence-electron chi connectivity index (χ1n) is 9.45. The summed E-state index contributed by atoms with van der Waals surface area (Å²) in [6.07, 6.45) is 5.27. The van der Waals surface area contributed by atoms with Gasteiger partial charge in [-0.25, -0.2) is 4.98 Å². The molecule has 0 unspecified atom stereocenters. The van der Waals surface area contributed by atoms with Gasteiger partial charge in [0.1, 0.15) is 5.82 Å². The molecule has 1 aromatic carbocycles. The topological polar surface area (TPSA) is 57.3 Å². The van der Waals surface area contributed by atoms with E-state index in [0.29, 0.717) is 6.54 Å². The van der Waals surface area contributed by atoms with Crippen LogP contribution in [0.5, 0.6) is 0 Å². The van der Waals surface area contributed by atoms with Gasteiger partial charge in [-0.15, -0.1) is 11.3 Å². The largest absolute Gasteiger partial charge is 0.369 e. The molecule has 2 aromatic heterocycles. The van der Waals surface area contributed by atoms with Crippen LogP contribution in [0.4, 0.5) is 5.82 Å². The molecule has 6 heteroatoms. The van der Waals surface area contributed by atoms with E-state index in [0.717, 1.165) is 36.6 Å². The number of benzene rings is 1. The maximum Gasteiger partial charge on any atom is 0.246 e. The van der Waals surface area contributed by atoms with Gasteiger partial charge in [-0.1, -0.05) is 18.2 Å². The summed E-state index contributed by atoms with van der Waals surface area (Å²) in [6, 6.07) is 10.5. The van der Waals surface area contributed by atoms with Gasteiger partial charge in [-0.3, -0.25) is 4.79 Å². The molecule has 144 valence electrons. The lowest BCUT2D eigenvalue weighted by Gasteiger charge is -2.14. The number of anilines is 1.